The summed E-state index contributed by atoms with van der Waals surface area (Å²) in [4.78, 5) is 37.9. The summed E-state index contributed by atoms with van der Waals surface area (Å²) < 4.78 is 6.71. The van der Waals surface area contributed by atoms with Gasteiger partial charge < -0.3 is 10.1 Å². The van der Waals surface area contributed by atoms with Crippen LogP contribution in [0.25, 0.3) is 6.08 Å². The number of hydrogen-bond acceptors (Lipinski definition) is 5. The molecule has 7 nitrogen and oxygen atoms in total. The van der Waals surface area contributed by atoms with Crippen LogP contribution >= 0.6 is 66.7 Å². The number of nitrogens with one attached hydrogen (secondary N) is 2. The number of halogens is 5. The van der Waals surface area contributed by atoms with Gasteiger partial charge in [-0.3, -0.25) is 9.59 Å². The number of anilines is 1. The van der Waals surface area contributed by atoms with Crippen molar-refractivity contribution in [3.05, 3.63) is 131 Å². The van der Waals surface area contributed by atoms with E-state index in [9.17, 15) is 14.4 Å². The number of hydrazone groups is 1. The second-order valence-electron chi connectivity index (χ2n) is 8.47. The minimum Gasteiger partial charge on any atom is -0.421 e. The summed E-state index contributed by atoms with van der Waals surface area (Å²) in [6.45, 7) is 0. The average Bonchev–Trinajstić information content (AvgIpc) is 2.94. The topological polar surface area (TPSA) is 96.9 Å². The molecule has 2 N–H and O–H groups in total. The second-order valence-corrected chi connectivity index (χ2v) is 11.5. The third-order valence-corrected chi connectivity index (χ3v) is 7.30. The molecule has 4 rings (SSSR count). The Hall–Kier alpha value is -3.47. The van der Waals surface area contributed by atoms with Crippen LogP contribution in [0.3, 0.4) is 0 Å². The summed E-state index contributed by atoms with van der Waals surface area (Å²) in [5.74, 6) is -1.42. The fourth-order valence-electron chi connectivity index (χ4n) is 3.49. The summed E-state index contributed by atoms with van der Waals surface area (Å²) in [6.07, 6.45) is 4.22. The van der Waals surface area contributed by atoms with Gasteiger partial charge in [0.1, 0.15) is 0 Å². The van der Waals surface area contributed by atoms with Gasteiger partial charge in [-0.15, -0.1) is 0 Å². The first-order valence-corrected chi connectivity index (χ1v) is 14.7. The Bertz CT molecular complexity index is 1730. The molecule has 0 aliphatic carbocycles. The van der Waals surface area contributed by atoms with Crippen LogP contribution in [0.2, 0.25) is 15.1 Å². The second kappa shape index (κ2) is 14.6. The van der Waals surface area contributed by atoms with Gasteiger partial charge in [0.15, 0.2) is 5.75 Å². The molecule has 4 aromatic rings. The number of hydrogen-bond donors (Lipinski definition) is 2. The number of rotatable bonds is 8. The zero-order chi connectivity index (χ0) is 30.2. The van der Waals surface area contributed by atoms with Crippen LogP contribution in [0.1, 0.15) is 31.8 Å². The standard InChI is InChI=1S/C30H18Br2Cl3N3O4/c31-20-12-19(28(25(32)14-20)42-27(39)11-6-17-4-7-21(33)8-5-17)16-36-38-29(40)18-2-1-3-23(13-18)37-30(41)24-10-9-22(34)15-26(24)35/h1-16H,(H,37,41)(H,38,40)/b11-6+,36-16?. The van der Waals surface area contributed by atoms with Crippen molar-refractivity contribution >= 4 is 102 Å². The van der Waals surface area contributed by atoms with Crippen molar-refractivity contribution < 1.29 is 19.1 Å². The predicted molar refractivity (Wildman–Crippen MR) is 174 cm³/mol. The van der Waals surface area contributed by atoms with E-state index in [0.29, 0.717) is 30.2 Å². The molecular formula is C30H18Br2Cl3N3O4. The molecule has 12 heteroatoms. The van der Waals surface area contributed by atoms with E-state index < -0.39 is 17.8 Å². The molecule has 0 aliphatic rings. The molecule has 0 radical (unpaired) electrons. The van der Waals surface area contributed by atoms with Gasteiger partial charge in [-0.05, 0) is 88.2 Å². The van der Waals surface area contributed by atoms with Crippen molar-refractivity contribution in [2.75, 3.05) is 5.32 Å². The number of ether oxygens (including phenoxy) is 1. The molecule has 0 saturated carbocycles. The van der Waals surface area contributed by atoms with Crippen LogP contribution in [0.15, 0.2) is 99.0 Å². The maximum atomic E-state index is 12.8. The Kier molecular flexibility index (Phi) is 11.0. The summed E-state index contributed by atoms with van der Waals surface area (Å²) in [5, 5.41) is 7.91. The molecule has 42 heavy (non-hydrogen) atoms. The zero-order valence-corrected chi connectivity index (χ0v) is 26.6. The SMILES string of the molecule is O=C(/C=C/c1ccc(Cl)cc1)Oc1c(Br)cc(Br)cc1C=NNC(=O)c1cccc(NC(=O)c2ccc(Cl)cc2Cl)c1. The number of carbonyl (C=O) groups is 3. The van der Waals surface area contributed by atoms with Crippen LogP contribution in [-0.2, 0) is 4.79 Å². The van der Waals surface area contributed by atoms with E-state index >= 15 is 0 Å². The molecule has 2 amide bonds. The molecule has 0 bridgehead atoms. The van der Waals surface area contributed by atoms with E-state index in [1.165, 1.54) is 30.5 Å². The molecule has 0 atom stereocenters. The zero-order valence-electron chi connectivity index (χ0n) is 21.2. The molecular weight excluding hydrogens is 733 g/mol. The van der Waals surface area contributed by atoms with Crippen LogP contribution in [0.4, 0.5) is 5.69 Å². The van der Waals surface area contributed by atoms with Gasteiger partial charge in [-0.25, -0.2) is 10.2 Å². The number of amides is 2. The lowest BCUT2D eigenvalue weighted by Crippen LogP contribution is -2.18. The van der Waals surface area contributed by atoms with E-state index in [-0.39, 0.29) is 21.9 Å². The van der Waals surface area contributed by atoms with E-state index in [1.807, 2.05) is 0 Å². The van der Waals surface area contributed by atoms with E-state index in [2.05, 4.69) is 47.7 Å². The minimum absolute atomic E-state index is 0.199. The normalized spacial score (nSPS) is 11.1. The fraction of sp³-hybridized carbons (Fsp3) is 0. The molecule has 0 fully saturated rings. The van der Waals surface area contributed by atoms with Crippen molar-refractivity contribution in [1.29, 1.82) is 0 Å². The number of carbonyl (C=O) groups excluding carboxylic acids is 3. The Balaban J connectivity index is 1.43. The Morgan fingerprint density at radius 2 is 1.57 bits per heavy atom. The Morgan fingerprint density at radius 3 is 2.31 bits per heavy atom. The lowest BCUT2D eigenvalue weighted by atomic mass is 10.1. The van der Waals surface area contributed by atoms with Gasteiger partial charge in [-0.1, -0.05) is 68.9 Å². The summed E-state index contributed by atoms with van der Waals surface area (Å²) in [6, 6.07) is 21.1. The molecule has 212 valence electrons. The molecule has 0 aliphatic heterocycles. The average molecular weight is 751 g/mol. The predicted octanol–water partition coefficient (Wildman–Crippen LogP) is 8.81. The molecule has 0 unspecified atom stereocenters. The van der Waals surface area contributed by atoms with E-state index in [1.54, 1.807) is 66.7 Å². The number of nitrogens with zero attached hydrogens (tertiary/aromatic N) is 1. The highest BCUT2D eigenvalue weighted by Crippen LogP contribution is 2.32. The first-order chi connectivity index (χ1) is 20.1. The maximum absolute atomic E-state index is 12.8. The quantitative estimate of drug-likeness (QED) is 0.0619. The molecule has 0 heterocycles. The summed E-state index contributed by atoms with van der Waals surface area (Å²) in [7, 11) is 0. The highest BCUT2D eigenvalue weighted by Gasteiger charge is 2.14. The largest absolute Gasteiger partial charge is 0.421 e. The Labute approximate surface area is 272 Å². The van der Waals surface area contributed by atoms with Crippen molar-refractivity contribution in [1.82, 2.24) is 5.43 Å². The van der Waals surface area contributed by atoms with Gasteiger partial charge in [0.05, 0.1) is 21.3 Å². The lowest BCUT2D eigenvalue weighted by Gasteiger charge is -2.10. The van der Waals surface area contributed by atoms with Crippen molar-refractivity contribution in [3.63, 3.8) is 0 Å². The van der Waals surface area contributed by atoms with Crippen LogP contribution in [-0.4, -0.2) is 24.0 Å². The van der Waals surface area contributed by atoms with Crippen molar-refractivity contribution in [2.24, 2.45) is 5.10 Å². The number of benzene rings is 4. The molecule has 4 aromatic carbocycles. The summed E-state index contributed by atoms with van der Waals surface area (Å²) in [5.41, 5.74) is 4.46. The minimum atomic E-state index is -0.620. The van der Waals surface area contributed by atoms with E-state index in [0.717, 1.165) is 5.56 Å². The molecule has 0 spiro atoms. The maximum Gasteiger partial charge on any atom is 0.336 e. The van der Waals surface area contributed by atoms with Gasteiger partial charge in [0.2, 0.25) is 0 Å². The fourth-order valence-corrected chi connectivity index (χ4v) is 5.45. The lowest BCUT2D eigenvalue weighted by molar-refractivity contribution is -0.128. The smallest absolute Gasteiger partial charge is 0.336 e. The molecule has 0 saturated heterocycles. The van der Waals surface area contributed by atoms with Gasteiger partial charge in [-0.2, -0.15) is 5.10 Å². The van der Waals surface area contributed by atoms with E-state index in [4.69, 9.17) is 39.5 Å². The number of esters is 1. The first-order valence-electron chi connectivity index (χ1n) is 11.9. The van der Waals surface area contributed by atoms with Crippen molar-refractivity contribution in [2.45, 2.75) is 0 Å². The van der Waals surface area contributed by atoms with Gasteiger partial charge in [0.25, 0.3) is 11.8 Å². The first kappa shape index (κ1) is 31.5. The van der Waals surface area contributed by atoms with Crippen LogP contribution < -0.4 is 15.5 Å². The third-order valence-electron chi connectivity index (χ3n) is 5.45. The van der Waals surface area contributed by atoms with Gasteiger partial charge >= 0.3 is 5.97 Å². The highest BCUT2D eigenvalue weighted by atomic mass is 79.9. The summed E-state index contributed by atoms with van der Waals surface area (Å²) >= 11 is 24.7. The van der Waals surface area contributed by atoms with Crippen LogP contribution in [0, 0.1) is 0 Å². The highest BCUT2D eigenvalue weighted by molar-refractivity contribution is 9.11. The third kappa shape index (κ3) is 8.77. The Morgan fingerprint density at radius 1 is 0.833 bits per heavy atom. The monoisotopic (exact) mass is 747 g/mol. The van der Waals surface area contributed by atoms with Crippen molar-refractivity contribution in [3.8, 4) is 5.75 Å². The van der Waals surface area contributed by atoms with Crippen LogP contribution in [0.5, 0.6) is 5.75 Å². The van der Waals surface area contributed by atoms with Gasteiger partial charge in [0, 0.05) is 37.4 Å². The molecule has 0 aromatic heterocycles.